The molecule has 2 aromatic carbocycles. The van der Waals surface area contributed by atoms with Gasteiger partial charge in [0, 0.05) is 16.6 Å². The number of ether oxygens (including phenoxy) is 4. The molecule has 0 aliphatic heterocycles. The number of rotatable bonds is 8. The predicted molar refractivity (Wildman–Crippen MR) is 103 cm³/mol. The van der Waals surface area contributed by atoms with Gasteiger partial charge in [0.15, 0.2) is 18.1 Å². The third-order valence-corrected chi connectivity index (χ3v) is 4.30. The summed E-state index contributed by atoms with van der Waals surface area (Å²) in [5.41, 5.74) is 0.750. The predicted octanol–water partition coefficient (Wildman–Crippen LogP) is 3.82. The fourth-order valence-electron chi connectivity index (χ4n) is 2.28. The molecule has 140 valence electrons. The molecule has 0 saturated heterocycles. The maximum absolute atomic E-state index is 12.1. The van der Waals surface area contributed by atoms with E-state index in [2.05, 4.69) is 21.2 Å². The first-order chi connectivity index (χ1) is 12.5. The second-order valence-corrected chi connectivity index (χ2v) is 6.46. The van der Waals surface area contributed by atoms with Crippen molar-refractivity contribution in [3.05, 3.63) is 45.4 Å². The molecule has 0 radical (unpaired) electrons. The van der Waals surface area contributed by atoms with Crippen molar-refractivity contribution in [3.63, 3.8) is 0 Å². The lowest BCUT2D eigenvalue weighted by molar-refractivity contribution is -0.123. The van der Waals surface area contributed by atoms with Gasteiger partial charge in [0.1, 0.15) is 5.75 Å². The van der Waals surface area contributed by atoms with E-state index >= 15 is 0 Å². The highest BCUT2D eigenvalue weighted by Crippen LogP contribution is 2.39. The average Bonchev–Trinajstić information content (AvgIpc) is 2.64. The van der Waals surface area contributed by atoms with E-state index in [4.69, 9.17) is 30.5 Å². The molecule has 0 aromatic heterocycles. The number of hydrogen-bond acceptors (Lipinski definition) is 5. The minimum absolute atomic E-state index is 0.156. The molecule has 1 amide bonds. The van der Waals surface area contributed by atoms with E-state index in [9.17, 15) is 4.79 Å². The normalized spacial score (nSPS) is 10.2. The van der Waals surface area contributed by atoms with Crippen LogP contribution in [-0.2, 0) is 11.3 Å². The van der Waals surface area contributed by atoms with Crippen LogP contribution in [0.1, 0.15) is 5.56 Å². The van der Waals surface area contributed by atoms with Crippen LogP contribution in [0.4, 0.5) is 0 Å². The Morgan fingerprint density at radius 1 is 1.04 bits per heavy atom. The van der Waals surface area contributed by atoms with Crippen molar-refractivity contribution in [2.24, 2.45) is 0 Å². The van der Waals surface area contributed by atoms with Gasteiger partial charge in [-0.1, -0.05) is 27.5 Å². The zero-order chi connectivity index (χ0) is 19.1. The van der Waals surface area contributed by atoms with E-state index in [0.29, 0.717) is 28.0 Å². The van der Waals surface area contributed by atoms with Crippen LogP contribution in [0.25, 0.3) is 0 Å². The van der Waals surface area contributed by atoms with Crippen molar-refractivity contribution in [1.29, 1.82) is 0 Å². The highest BCUT2D eigenvalue weighted by molar-refractivity contribution is 9.10. The topological polar surface area (TPSA) is 66.0 Å². The number of carbonyl (C=O) groups excluding carboxylic acids is 1. The molecule has 0 aliphatic carbocycles. The monoisotopic (exact) mass is 443 g/mol. The second kappa shape index (κ2) is 9.54. The largest absolute Gasteiger partial charge is 0.493 e. The van der Waals surface area contributed by atoms with Gasteiger partial charge in [0.25, 0.3) is 5.91 Å². The molecule has 6 nitrogen and oxygen atoms in total. The number of nitrogens with one attached hydrogen (secondary N) is 1. The smallest absolute Gasteiger partial charge is 0.258 e. The molecule has 0 bridgehead atoms. The number of methoxy groups -OCH3 is 3. The summed E-state index contributed by atoms with van der Waals surface area (Å²) in [4.78, 5) is 12.1. The van der Waals surface area contributed by atoms with E-state index < -0.39 is 0 Å². The standard InChI is InChI=1S/C18H19BrClNO5/c1-23-15-6-4-11(17(24-2)18(15)25-3)9-21-16(22)10-26-14-7-5-12(19)8-13(14)20/h4-8H,9-10H2,1-3H3,(H,21,22). The van der Waals surface area contributed by atoms with Gasteiger partial charge in [-0.3, -0.25) is 4.79 Å². The van der Waals surface area contributed by atoms with Crippen molar-refractivity contribution in [2.75, 3.05) is 27.9 Å². The highest BCUT2D eigenvalue weighted by atomic mass is 79.9. The Hall–Kier alpha value is -2.12. The van der Waals surface area contributed by atoms with Crippen LogP contribution in [0, 0.1) is 0 Å². The lowest BCUT2D eigenvalue weighted by Crippen LogP contribution is -2.28. The van der Waals surface area contributed by atoms with Gasteiger partial charge >= 0.3 is 0 Å². The van der Waals surface area contributed by atoms with Crippen molar-refractivity contribution >= 4 is 33.4 Å². The molecule has 1 N–H and O–H groups in total. The number of benzene rings is 2. The Bertz CT molecular complexity index is 784. The van der Waals surface area contributed by atoms with E-state index in [1.807, 2.05) is 0 Å². The number of amides is 1. The lowest BCUT2D eigenvalue weighted by Gasteiger charge is -2.16. The molecule has 0 fully saturated rings. The van der Waals surface area contributed by atoms with Gasteiger partial charge in [-0.2, -0.15) is 0 Å². The summed E-state index contributed by atoms with van der Waals surface area (Å²) >= 11 is 9.37. The third kappa shape index (κ3) is 4.95. The summed E-state index contributed by atoms with van der Waals surface area (Å²) in [5.74, 6) is 1.67. The zero-order valence-electron chi connectivity index (χ0n) is 14.6. The lowest BCUT2D eigenvalue weighted by atomic mass is 10.1. The van der Waals surface area contributed by atoms with E-state index in [-0.39, 0.29) is 19.1 Å². The highest BCUT2D eigenvalue weighted by Gasteiger charge is 2.16. The Morgan fingerprint density at radius 2 is 1.73 bits per heavy atom. The first-order valence-corrected chi connectivity index (χ1v) is 8.79. The van der Waals surface area contributed by atoms with E-state index in [1.54, 1.807) is 37.4 Å². The number of carbonyl (C=O) groups is 1. The van der Waals surface area contributed by atoms with Gasteiger partial charge < -0.3 is 24.3 Å². The number of hydrogen-bond donors (Lipinski definition) is 1. The SMILES string of the molecule is COc1ccc(CNC(=O)COc2ccc(Br)cc2Cl)c(OC)c1OC. The van der Waals surface area contributed by atoms with E-state index in [0.717, 1.165) is 10.0 Å². The fraction of sp³-hybridized carbons (Fsp3) is 0.278. The Kier molecular flexibility index (Phi) is 7.41. The van der Waals surface area contributed by atoms with Crippen LogP contribution in [0.3, 0.4) is 0 Å². The van der Waals surface area contributed by atoms with Gasteiger partial charge in [-0.05, 0) is 30.3 Å². The molecule has 0 atom stereocenters. The number of halogens is 2. The van der Waals surface area contributed by atoms with E-state index in [1.165, 1.54) is 14.2 Å². The van der Waals surface area contributed by atoms with Gasteiger partial charge in [0.05, 0.1) is 26.4 Å². The fourth-order valence-corrected chi connectivity index (χ4v) is 3.01. The molecular weight excluding hydrogens is 426 g/mol. The molecule has 0 saturated carbocycles. The van der Waals surface area contributed by atoms with Crippen LogP contribution in [0.5, 0.6) is 23.0 Å². The Morgan fingerprint density at radius 3 is 2.35 bits per heavy atom. The van der Waals surface area contributed by atoms with Crippen molar-refractivity contribution < 1.29 is 23.7 Å². The summed E-state index contributed by atoms with van der Waals surface area (Å²) in [7, 11) is 4.60. The van der Waals surface area contributed by atoms with Crippen LogP contribution < -0.4 is 24.3 Å². The maximum Gasteiger partial charge on any atom is 0.258 e. The summed E-state index contributed by atoms with van der Waals surface area (Å²) in [6.45, 7) is 0.0940. The van der Waals surface area contributed by atoms with Crippen molar-refractivity contribution in [2.45, 2.75) is 6.54 Å². The first kappa shape index (κ1) is 20.2. The third-order valence-electron chi connectivity index (χ3n) is 3.51. The molecule has 0 unspecified atom stereocenters. The summed E-state index contributed by atoms with van der Waals surface area (Å²) in [5, 5.41) is 3.20. The Labute approximate surface area is 165 Å². The molecule has 8 heteroatoms. The van der Waals surface area contributed by atoms with Crippen LogP contribution >= 0.6 is 27.5 Å². The van der Waals surface area contributed by atoms with Crippen molar-refractivity contribution in [3.8, 4) is 23.0 Å². The second-order valence-electron chi connectivity index (χ2n) is 5.13. The zero-order valence-corrected chi connectivity index (χ0v) is 16.9. The minimum Gasteiger partial charge on any atom is -0.493 e. The average molecular weight is 445 g/mol. The molecule has 0 spiro atoms. The van der Waals surface area contributed by atoms with Gasteiger partial charge in [-0.25, -0.2) is 0 Å². The van der Waals surface area contributed by atoms with Crippen LogP contribution in [0.2, 0.25) is 5.02 Å². The molecule has 2 rings (SSSR count). The molecule has 26 heavy (non-hydrogen) atoms. The summed E-state index contributed by atoms with van der Waals surface area (Å²) in [6.07, 6.45) is 0. The molecular formula is C18H19BrClNO5. The maximum atomic E-state index is 12.1. The quantitative estimate of drug-likeness (QED) is 0.670. The summed E-state index contributed by atoms with van der Waals surface area (Å²) < 4.78 is 22.2. The first-order valence-electron chi connectivity index (χ1n) is 7.62. The Balaban J connectivity index is 1.98. The van der Waals surface area contributed by atoms with Crippen LogP contribution in [-0.4, -0.2) is 33.8 Å². The summed E-state index contributed by atoms with van der Waals surface area (Å²) in [6, 6.07) is 8.72. The molecule has 2 aromatic rings. The molecule has 0 heterocycles. The van der Waals surface area contributed by atoms with Gasteiger partial charge in [-0.15, -0.1) is 0 Å². The van der Waals surface area contributed by atoms with Crippen LogP contribution in [0.15, 0.2) is 34.8 Å². The van der Waals surface area contributed by atoms with Crippen molar-refractivity contribution in [1.82, 2.24) is 5.32 Å². The molecule has 0 aliphatic rings. The van der Waals surface area contributed by atoms with Gasteiger partial charge in [0.2, 0.25) is 5.75 Å². The minimum atomic E-state index is -0.291.